The van der Waals surface area contributed by atoms with Crippen LogP contribution in [-0.4, -0.2) is 22.6 Å². The van der Waals surface area contributed by atoms with Gasteiger partial charge < -0.3 is 15.2 Å². The number of hydrogen-bond donors (Lipinski definition) is 2. The molecule has 0 aliphatic rings. The predicted molar refractivity (Wildman–Crippen MR) is 73.9 cm³/mol. The minimum Gasteiger partial charge on any atom is -0.487 e. The molecule has 0 fully saturated rings. The molecule has 0 spiro atoms. The zero-order valence-corrected chi connectivity index (χ0v) is 11.0. The number of nitrogens with one attached hydrogen (secondary N) is 1. The zero-order valence-electron chi connectivity index (χ0n) is 11.0. The number of carbonyl (C=O) groups excluding carboxylic acids is 1. The monoisotopic (exact) mass is 272 g/mol. The molecule has 0 saturated heterocycles. The number of aromatic nitrogens is 1. The molecule has 1 amide bonds. The van der Waals surface area contributed by atoms with Gasteiger partial charge in [-0.15, -0.1) is 0 Å². The summed E-state index contributed by atoms with van der Waals surface area (Å²) in [5, 5.41) is 11.1. The molecule has 5 nitrogen and oxygen atoms in total. The lowest BCUT2D eigenvalue weighted by Gasteiger charge is -2.07. The number of benzene rings is 1. The Balaban J connectivity index is 1.84. The molecule has 2 aromatic rings. The summed E-state index contributed by atoms with van der Waals surface area (Å²) >= 11 is 0. The minimum absolute atomic E-state index is 0.290. The number of amides is 1. The van der Waals surface area contributed by atoms with Crippen molar-refractivity contribution < 1.29 is 14.6 Å². The van der Waals surface area contributed by atoms with Crippen molar-refractivity contribution in [2.24, 2.45) is 0 Å². The Morgan fingerprint density at radius 2 is 2.00 bits per heavy atom. The van der Waals surface area contributed by atoms with Gasteiger partial charge in [-0.2, -0.15) is 0 Å². The molecule has 0 unspecified atom stereocenters. The van der Waals surface area contributed by atoms with Crippen molar-refractivity contribution in [2.45, 2.75) is 13.2 Å². The van der Waals surface area contributed by atoms with Gasteiger partial charge in [-0.05, 0) is 17.7 Å². The first-order chi connectivity index (χ1) is 9.78. The second kappa shape index (κ2) is 7.25. The maximum atomic E-state index is 10.9. The van der Waals surface area contributed by atoms with E-state index in [2.05, 4.69) is 10.3 Å². The Morgan fingerprint density at radius 1 is 1.20 bits per heavy atom. The molecule has 0 aliphatic heterocycles. The van der Waals surface area contributed by atoms with Crippen LogP contribution in [0.5, 0.6) is 5.75 Å². The number of hydrogen-bond acceptors (Lipinski definition) is 4. The molecule has 1 aromatic heterocycles. The smallest absolute Gasteiger partial charge is 0.246 e. The third-order valence-corrected chi connectivity index (χ3v) is 2.66. The van der Waals surface area contributed by atoms with Crippen LogP contribution < -0.4 is 10.1 Å². The molecule has 2 rings (SSSR count). The molecular weight excluding hydrogens is 256 g/mol. The minimum atomic E-state index is -0.516. The van der Waals surface area contributed by atoms with Crippen LogP contribution in [0.15, 0.2) is 48.7 Å². The molecule has 20 heavy (non-hydrogen) atoms. The average Bonchev–Trinajstić information content (AvgIpc) is 2.52. The lowest BCUT2D eigenvalue weighted by atomic mass is 10.2. The van der Waals surface area contributed by atoms with Crippen LogP contribution in [-0.2, 0) is 17.9 Å². The van der Waals surface area contributed by atoms with Crippen molar-refractivity contribution in [3.05, 3.63) is 59.9 Å². The third kappa shape index (κ3) is 4.37. The van der Waals surface area contributed by atoms with E-state index in [1.54, 1.807) is 18.3 Å². The highest BCUT2D eigenvalue weighted by atomic mass is 16.5. The van der Waals surface area contributed by atoms with Gasteiger partial charge in [-0.25, -0.2) is 0 Å². The number of nitrogens with zero attached hydrogens (tertiary/aromatic N) is 1. The maximum absolute atomic E-state index is 10.9. The fourth-order valence-corrected chi connectivity index (χ4v) is 1.59. The van der Waals surface area contributed by atoms with E-state index in [1.165, 1.54) is 0 Å². The second-order valence-corrected chi connectivity index (χ2v) is 4.19. The van der Waals surface area contributed by atoms with Gasteiger partial charge in [0.1, 0.15) is 19.0 Å². The number of aliphatic hydroxyl groups is 1. The standard InChI is InChI=1S/C15H16N2O3/c18-10-15(19)17-8-13-6-7-14(9-16-13)20-11-12-4-2-1-3-5-12/h1-7,9,18H,8,10-11H2,(H,17,19). The van der Waals surface area contributed by atoms with Crippen molar-refractivity contribution in [3.63, 3.8) is 0 Å². The molecule has 1 aromatic carbocycles. The highest BCUT2D eigenvalue weighted by Gasteiger charge is 2.01. The second-order valence-electron chi connectivity index (χ2n) is 4.19. The Hall–Kier alpha value is -2.40. The van der Waals surface area contributed by atoms with Crippen LogP contribution in [0, 0.1) is 0 Å². The summed E-state index contributed by atoms with van der Waals surface area (Å²) in [6.45, 7) is 0.264. The van der Waals surface area contributed by atoms with Gasteiger partial charge in [0, 0.05) is 0 Å². The van der Waals surface area contributed by atoms with Crippen molar-refractivity contribution >= 4 is 5.91 Å². The number of aliphatic hydroxyl groups excluding tert-OH is 1. The molecule has 0 aliphatic carbocycles. The van der Waals surface area contributed by atoms with Crippen LogP contribution >= 0.6 is 0 Å². The van der Waals surface area contributed by atoms with E-state index in [9.17, 15) is 4.79 Å². The van der Waals surface area contributed by atoms with Gasteiger partial charge in [0.25, 0.3) is 0 Å². The first-order valence-electron chi connectivity index (χ1n) is 6.27. The van der Waals surface area contributed by atoms with E-state index >= 15 is 0 Å². The van der Waals surface area contributed by atoms with E-state index in [1.807, 2.05) is 30.3 Å². The van der Waals surface area contributed by atoms with Gasteiger partial charge in [0.05, 0.1) is 18.4 Å². The number of carbonyl (C=O) groups is 1. The van der Waals surface area contributed by atoms with Gasteiger partial charge in [-0.1, -0.05) is 30.3 Å². The highest BCUT2D eigenvalue weighted by Crippen LogP contribution is 2.11. The Bertz CT molecular complexity index is 541. The lowest BCUT2D eigenvalue weighted by molar-refractivity contribution is -0.123. The molecule has 1 heterocycles. The summed E-state index contributed by atoms with van der Waals surface area (Å²) in [5.74, 6) is 0.252. The maximum Gasteiger partial charge on any atom is 0.246 e. The summed E-state index contributed by atoms with van der Waals surface area (Å²) in [6, 6.07) is 13.4. The fourth-order valence-electron chi connectivity index (χ4n) is 1.59. The Labute approximate surface area is 117 Å². The van der Waals surface area contributed by atoms with Crippen molar-refractivity contribution in [1.82, 2.24) is 10.3 Å². The third-order valence-electron chi connectivity index (χ3n) is 2.66. The van der Waals surface area contributed by atoms with Crippen molar-refractivity contribution in [1.29, 1.82) is 0 Å². The van der Waals surface area contributed by atoms with Crippen molar-refractivity contribution in [2.75, 3.05) is 6.61 Å². The largest absolute Gasteiger partial charge is 0.487 e. The molecule has 0 saturated carbocycles. The first kappa shape index (κ1) is 14.0. The van der Waals surface area contributed by atoms with Crippen LogP contribution in [0.3, 0.4) is 0 Å². The SMILES string of the molecule is O=C(CO)NCc1ccc(OCc2ccccc2)cn1. The van der Waals surface area contributed by atoms with Crippen LogP contribution in [0.1, 0.15) is 11.3 Å². The summed E-state index contributed by atoms with van der Waals surface area (Å²) in [5.41, 5.74) is 1.80. The van der Waals surface area contributed by atoms with Gasteiger partial charge in [-0.3, -0.25) is 9.78 Å². The number of ether oxygens (including phenoxy) is 1. The quantitative estimate of drug-likeness (QED) is 0.830. The molecule has 104 valence electrons. The average molecular weight is 272 g/mol. The van der Waals surface area contributed by atoms with Gasteiger partial charge >= 0.3 is 0 Å². The normalized spacial score (nSPS) is 10.1. The molecule has 5 heteroatoms. The van der Waals surface area contributed by atoms with E-state index in [0.717, 1.165) is 5.56 Å². The number of rotatable bonds is 6. The predicted octanol–water partition coefficient (Wildman–Crippen LogP) is 1.27. The summed E-state index contributed by atoms with van der Waals surface area (Å²) in [4.78, 5) is 15.1. The molecule has 0 bridgehead atoms. The summed E-state index contributed by atoms with van der Waals surface area (Å²) < 4.78 is 5.60. The summed E-state index contributed by atoms with van der Waals surface area (Å²) in [7, 11) is 0. The first-order valence-corrected chi connectivity index (χ1v) is 6.27. The van der Waals surface area contributed by atoms with E-state index in [4.69, 9.17) is 9.84 Å². The van der Waals surface area contributed by atoms with Crippen LogP contribution in [0.2, 0.25) is 0 Å². The van der Waals surface area contributed by atoms with Gasteiger partial charge in [0.2, 0.25) is 5.91 Å². The lowest BCUT2D eigenvalue weighted by Crippen LogP contribution is -2.25. The topological polar surface area (TPSA) is 71.5 Å². The molecule has 0 atom stereocenters. The van der Waals surface area contributed by atoms with Gasteiger partial charge in [0.15, 0.2) is 0 Å². The zero-order chi connectivity index (χ0) is 14.2. The van der Waals surface area contributed by atoms with E-state index in [-0.39, 0.29) is 0 Å². The number of pyridine rings is 1. The molecule has 0 radical (unpaired) electrons. The van der Waals surface area contributed by atoms with Crippen molar-refractivity contribution in [3.8, 4) is 5.75 Å². The fraction of sp³-hybridized carbons (Fsp3) is 0.200. The van der Waals surface area contributed by atoms with Crippen LogP contribution in [0.25, 0.3) is 0 Å². The molecular formula is C15H16N2O3. The van der Waals surface area contributed by atoms with Crippen LogP contribution in [0.4, 0.5) is 0 Å². The Morgan fingerprint density at radius 3 is 2.65 bits per heavy atom. The van der Waals surface area contributed by atoms with E-state index in [0.29, 0.717) is 24.6 Å². The molecule has 2 N–H and O–H groups in total. The Kier molecular flexibility index (Phi) is 5.08. The summed E-state index contributed by atoms with van der Waals surface area (Å²) in [6.07, 6.45) is 1.61. The van der Waals surface area contributed by atoms with E-state index < -0.39 is 12.5 Å². The highest BCUT2D eigenvalue weighted by molar-refractivity contribution is 5.76.